The minimum atomic E-state index is 0.324. The van der Waals surface area contributed by atoms with E-state index in [4.69, 9.17) is 0 Å². The summed E-state index contributed by atoms with van der Waals surface area (Å²) in [5.74, 6) is 0. The van der Waals surface area contributed by atoms with Gasteiger partial charge in [-0.05, 0) is 37.1 Å². The lowest BCUT2D eigenvalue weighted by Crippen LogP contribution is -2.24. The van der Waals surface area contributed by atoms with Crippen LogP contribution in [0.25, 0.3) is 0 Å². The summed E-state index contributed by atoms with van der Waals surface area (Å²) in [6.45, 7) is 7.34. The van der Waals surface area contributed by atoms with Gasteiger partial charge in [-0.1, -0.05) is 13.8 Å². The van der Waals surface area contributed by atoms with Crippen LogP contribution in [0.1, 0.15) is 41.7 Å². The zero-order valence-electron chi connectivity index (χ0n) is 11.8. The summed E-state index contributed by atoms with van der Waals surface area (Å²) in [4.78, 5) is 8.81. The zero-order valence-corrected chi connectivity index (χ0v) is 12.6. The van der Waals surface area contributed by atoms with Crippen LogP contribution in [0.5, 0.6) is 0 Å². The van der Waals surface area contributed by atoms with E-state index in [1.54, 1.807) is 11.3 Å². The average Bonchev–Trinajstić information content (AvgIpc) is 2.84. The Hall–Kier alpha value is -1.26. The van der Waals surface area contributed by atoms with E-state index < -0.39 is 0 Å². The van der Waals surface area contributed by atoms with Gasteiger partial charge >= 0.3 is 0 Å². The third kappa shape index (κ3) is 3.61. The topological polar surface area (TPSA) is 37.8 Å². The van der Waals surface area contributed by atoms with E-state index in [0.717, 1.165) is 24.4 Å². The van der Waals surface area contributed by atoms with E-state index in [1.807, 2.05) is 12.4 Å². The van der Waals surface area contributed by atoms with Crippen molar-refractivity contribution < 1.29 is 0 Å². The highest BCUT2D eigenvalue weighted by atomic mass is 32.1. The molecule has 1 atom stereocenters. The maximum Gasteiger partial charge on any atom is 0.0897 e. The van der Waals surface area contributed by atoms with Gasteiger partial charge in [0.25, 0.3) is 0 Å². The largest absolute Gasteiger partial charge is 0.310 e. The number of nitrogens with zero attached hydrogens (tertiary/aromatic N) is 2. The minimum absolute atomic E-state index is 0.324. The smallest absolute Gasteiger partial charge is 0.0897 e. The molecular formula is C15H21N3S. The number of hydrogen-bond donors (Lipinski definition) is 1. The second-order valence-electron chi connectivity index (χ2n) is 4.60. The highest BCUT2D eigenvalue weighted by Crippen LogP contribution is 2.22. The van der Waals surface area contributed by atoms with Crippen molar-refractivity contribution in [3.8, 4) is 0 Å². The SMILES string of the molecule is CCNC(Cc1csc(C)n1)c1ccncc1CC. The van der Waals surface area contributed by atoms with Crippen molar-refractivity contribution in [1.29, 1.82) is 0 Å². The van der Waals surface area contributed by atoms with Crippen molar-refractivity contribution in [3.63, 3.8) is 0 Å². The molecular weight excluding hydrogens is 254 g/mol. The van der Waals surface area contributed by atoms with Crippen LogP contribution in [-0.2, 0) is 12.8 Å². The maximum absolute atomic E-state index is 4.58. The summed E-state index contributed by atoms with van der Waals surface area (Å²) in [5, 5.41) is 6.86. The summed E-state index contributed by atoms with van der Waals surface area (Å²) >= 11 is 1.72. The number of likely N-dealkylation sites (N-methyl/N-ethyl adjacent to an activating group) is 1. The molecule has 2 rings (SSSR count). The van der Waals surface area contributed by atoms with Gasteiger partial charge in [0.1, 0.15) is 0 Å². The Labute approximate surface area is 119 Å². The Morgan fingerprint density at radius 2 is 2.21 bits per heavy atom. The predicted molar refractivity (Wildman–Crippen MR) is 80.6 cm³/mol. The Kier molecular flexibility index (Phi) is 5.05. The van der Waals surface area contributed by atoms with Crippen molar-refractivity contribution in [2.75, 3.05) is 6.54 Å². The van der Waals surface area contributed by atoms with Crippen LogP contribution in [0.15, 0.2) is 23.8 Å². The number of thiazole rings is 1. The second-order valence-corrected chi connectivity index (χ2v) is 5.66. The lowest BCUT2D eigenvalue weighted by atomic mass is 9.97. The highest BCUT2D eigenvalue weighted by molar-refractivity contribution is 7.09. The van der Waals surface area contributed by atoms with Gasteiger partial charge in [-0.2, -0.15) is 0 Å². The van der Waals surface area contributed by atoms with Gasteiger partial charge < -0.3 is 5.32 Å². The first kappa shape index (κ1) is 14.2. The monoisotopic (exact) mass is 275 g/mol. The fourth-order valence-corrected chi connectivity index (χ4v) is 2.95. The van der Waals surface area contributed by atoms with E-state index >= 15 is 0 Å². The minimum Gasteiger partial charge on any atom is -0.310 e. The lowest BCUT2D eigenvalue weighted by molar-refractivity contribution is 0.540. The van der Waals surface area contributed by atoms with Crippen molar-refractivity contribution in [3.05, 3.63) is 45.7 Å². The predicted octanol–water partition coefficient (Wildman–Crippen LogP) is 3.30. The molecule has 1 unspecified atom stereocenters. The van der Waals surface area contributed by atoms with E-state index in [-0.39, 0.29) is 0 Å². The summed E-state index contributed by atoms with van der Waals surface area (Å²) in [5.41, 5.74) is 3.85. The van der Waals surface area contributed by atoms with Crippen LogP contribution >= 0.6 is 11.3 Å². The average molecular weight is 275 g/mol. The van der Waals surface area contributed by atoms with Crippen molar-refractivity contribution >= 4 is 11.3 Å². The summed E-state index contributed by atoms with van der Waals surface area (Å²) in [6, 6.07) is 2.45. The van der Waals surface area contributed by atoms with Gasteiger partial charge in [-0.25, -0.2) is 4.98 Å². The summed E-state index contributed by atoms with van der Waals surface area (Å²) < 4.78 is 0. The fraction of sp³-hybridized carbons (Fsp3) is 0.467. The number of aryl methyl sites for hydroxylation is 2. The van der Waals surface area contributed by atoms with Crippen molar-refractivity contribution in [2.45, 2.75) is 39.7 Å². The first-order chi connectivity index (χ1) is 9.24. The number of rotatable bonds is 6. The van der Waals surface area contributed by atoms with Crippen LogP contribution in [0.4, 0.5) is 0 Å². The van der Waals surface area contributed by atoms with Crippen LogP contribution in [-0.4, -0.2) is 16.5 Å². The standard InChI is InChI=1S/C15H21N3S/c1-4-12-9-16-7-6-14(12)15(17-5-2)8-13-10-19-11(3)18-13/h6-7,9-10,15,17H,4-5,8H2,1-3H3. The first-order valence-corrected chi connectivity index (χ1v) is 7.69. The fourth-order valence-electron chi connectivity index (χ4n) is 2.32. The molecule has 4 heteroatoms. The molecule has 0 spiro atoms. The molecule has 2 aromatic heterocycles. The Morgan fingerprint density at radius 3 is 2.84 bits per heavy atom. The van der Waals surface area contributed by atoms with Gasteiger partial charge in [0.15, 0.2) is 0 Å². The van der Waals surface area contributed by atoms with Gasteiger partial charge in [-0.15, -0.1) is 11.3 Å². The van der Waals surface area contributed by atoms with Gasteiger partial charge in [0, 0.05) is 30.2 Å². The van der Waals surface area contributed by atoms with Crippen LogP contribution in [0, 0.1) is 6.92 Å². The van der Waals surface area contributed by atoms with E-state index in [0.29, 0.717) is 6.04 Å². The molecule has 2 heterocycles. The van der Waals surface area contributed by atoms with Crippen LogP contribution in [0.2, 0.25) is 0 Å². The normalized spacial score (nSPS) is 12.6. The van der Waals surface area contributed by atoms with Crippen molar-refractivity contribution in [1.82, 2.24) is 15.3 Å². The Bertz CT molecular complexity index is 522. The molecule has 19 heavy (non-hydrogen) atoms. The molecule has 0 aliphatic carbocycles. The third-order valence-electron chi connectivity index (χ3n) is 3.23. The van der Waals surface area contributed by atoms with Gasteiger partial charge in [0.2, 0.25) is 0 Å². The maximum atomic E-state index is 4.58. The number of pyridine rings is 1. The molecule has 102 valence electrons. The van der Waals surface area contributed by atoms with Crippen LogP contribution in [0.3, 0.4) is 0 Å². The first-order valence-electron chi connectivity index (χ1n) is 6.81. The molecule has 0 fully saturated rings. The van der Waals surface area contributed by atoms with Gasteiger partial charge in [0.05, 0.1) is 10.7 Å². The highest BCUT2D eigenvalue weighted by Gasteiger charge is 2.15. The molecule has 0 amide bonds. The molecule has 0 saturated heterocycles. The quantitative estimate of drug-likeness (QED) is 0.879. The van der Waals surface area contributed by atoms with E-state index in [2.05, 4.69) is 47.5 Å². The number of nitrogens with one attached hydrogen (secondary N) is 1. The molecule has 0 aliphatic rings. The van der Waals surface area contributed by atoms with Crippen molar-refractivity contribution in [2.24, 2.45) is 0 Å². The number of aromatic nitrogens is 2. The van der Waals surface area contributed by atoms with E-state index in [9.17, 15) is 0 Å². The second kappa shape index (κ2) is 6.78. The molecule has 0 radical (unpaired) electrons. The third-order valence-corrected chi connectivity index (χ3v) is 4.05. The Balaban J connectivity index is 2.23. The van der Waals surface area contributed by atoms with Gasteiger partial charge in [-0.3, -0.25) is 4.98 Å². The zero-order chi connectivity index (χ0) is 13.7. The molecule has 0 bridgehead atoms. The summed E-state index contributed by atoms with van der Waals surface area (Å²) in [7, 11) is 0. The molecule has 0 aromatic carbocycles. The number of hydrogen-bond acceptors (Lipinski definition) is 4. The van der Waals surface area contributed by atoms with E-state index in [1.165, 1.54) is 16.8 Å². The molecule has 2 aromatic rings. The molecule has 1 N–H and O–H groups in total. The molecule has 0 aliphatic heterocycles. The Morgan fingerprint density at radius 1 is 1.37 bits per heavy atom. The molecule has 3 nitrogen and oxygen atoms in total. The summed E-state index contributed by atoms with van der Waals surface area (Å²) in [6.07, 6.45) is 5.81. The molecule has 0 saturated carbocycles. The lowest BCUT2D eigenvalue weighted by Gasteiger charge is -2.20. The van der Waals surface area contributed by atoms with Crippen LogP contribution < -0.4 is 5.32 Å².